The van der Waals surface area contributed by atoms with E-state index in [0.29, 0.717) is 0 Å². The van der Waals surface area contributed by atoms with Crippen LogP contribution in [0.1, 0.15) is 52.7 Å². The van der Waals surface area contributed by atoms with Crippen LogP contribution in [0, 0.1) is 11.8 Å². The number of benzene rings is 1. The van der Waals surface area contributed by atoms with Crippen LogP contribution < -0.4 is 0 Å². The maximum Gasteiger partial charge on any atom is 0 e. The molecule has 0 aromatic heterocycles. The van der Waals surface area contributed by atoms with Crippen molar-refractivity contribution < 1.29 is 20.4 Å². The molecular weight excluding hydrogens is 366 g/mol. The standard InChI is InChI=1S/C15H23.Re/c1-14(2,3)11-12-7-9-13(10-8-12)15(4,5)6;/h7-11H,1-6H3;/q-1;. The maximum absolute atomic E-state index is 2.30. The Morgan fingerprint density at radius 3 is 1.56 bits per heavy atom. The van der Waals surface area contributed by atoms with Crippen LogP contribution in [-0.4, -0.2) is 0 Å². The van der Waals surface area contributed by atoms with Gasteiger partial charge in [-0.3, -0.25) is 0 Å². The van der Waals surface area contributed by atoms with Gasteiger partial charge in [0.2, 0.25) is 0 Å². The van der Waals surface area contributed by atoms with Gasteiger partial charge in [0.15, 0.2) is 0 Å². The summed E-state index contributed by atoms with van der Waals surface area (Å²) >= 11 is 0. The molecule has 91 valence electrons. The molecule has 0 saturated heterocycles. The van der Waals surface area contributed by atoms with Gasteiger partial charge in [-0.15, -0.1) is 12.1 Å². The molecule has 16 heavy (non-hydrogen) atoms. The quantitative estimate of drug-likeness (QED) is 0.617. The van der Waals surface area contributed by atoms with Gasteiger partial charge in [0, 0.05) is 20.4 Å². The van der Waals surface area contributed by atoms with Crippen molar-refractivity contribution in [1.82, 2.24) is 0 Å². The third kappa shape index (κ3) is 5.19. The fraction of sp³-hybridized carbons (Fsp3) is 0.533. The first kappa shape index (κ1) is 15.8. The normalized spacial score (nSPS) is 11.9. The van der Waals surface area contributed by atoms with Crippen molar-refractivity contribution in [3.63, 3.8) is 0 Å². The fourth-order valence-electron chi connectivity index (χ4n) is 1.58. The third-order valence-corrected chi connectivity index (χ3v) is 2.38. The van der Waals surface area contributed by atoms with Crippen LogP contribution in [-0.2, 0) is 25.8 Å². The molecule has 1 rings (SSSR count). The maximum atomic E-state index is 2.30. The molecule has 0 aliphatic carbocycles. The van der Waals surface area contributed by atoms with Crippen LogP contribution in [0.2, 0.25) is 0 Å². The molecule has 0 spiro atoms. The second kappa shape index (κ2) is 5.39. The molecule has 0 aliphatic heterocycles. The molecule has 0 bridgehead atoms. The van der Waals surface area contributed by atoms with E-state index in [1.54, 1.807) is 0 Å². The molecule has 0 nitrogen and oxygen atoms in total. The van der Waals surface area contributed by atoms with Crippen LogP contribution in [0.3, 0.4) is 0 Å². The van der Waals surface area contributed by atoms with E-state index in [0.717, 1.165) is 0 Å². The Morgan fingerprint density at radius 1 is 0.812 bits per heavy atom. The minimum Gasteiger partial charge on any atom is -0.191 e. The Labute approximate surface area is 114 Å². The zero-order valence-corrected chi connectivity index (χ0v) is 14.0. The first-order valence-corrected chi connectivity index (χ1v) is 5.65. The smallest absolute Gasteiger partial charge is 0 e. The molecule has 0 N–H and O–H groups in total. The summed E-state index contributed by atoms with van der Waals surface area (Å²) in [6.45, 7) is 13.4. The van der Waals surface area contributed by atoms with E-state index in [1.165, 1.54) is 11.1 Å². The van der Waals surface area contributed by atoms with E-state index in [4.69, 9.17) is 0 Å². The zero-order chi connectivity index (χ0) is 11.7. The van der Waals surface area contributed by atoms with Gasteiger partial charge in [-0.2, -0.15) is 24.1 Å². The van der Waals surface area contributed by atoms with Gasteiger partial charge in [-0.25, -0.2) is 0 Å². The SMILES string of the molecule is CC(C)(C)[CH-]c1ccc(C(C)(C)C)cc1.[Re]. The molecule has 1 radical (unpaired) electrons. The van der Waals surface area contributed by atoms with Crippen molar-refractivity contribution in [2.75, 3.05) is 0 Å². The summed E-state index contributed by atoms with van der Waals surface area (Å²) in [4.78, 5) is 0. The zero-order valence-electron chi connectivity index (χ0n) is 11.3. The first-order valence-electron chi connectivity index (χ1n) is 5.65. The Bertz CT molecular complexity index is 309. The largest absolute Gasteiger partial charge is 0.191 e. The minimum atomic E-state index is 0. The van der Waals surface area contributed by atoms with E-state index in [9.17, 15) is 0 Å². The molecule has 1 aromatic rings. The molecule has 1 heteroatoms. The molecule has 0 unspecified atom stereocenters. The van der Waals surface area contributed by atoms with E-state index in [1.807, 2.05) is 0 Å². The van der Waals surface area contributed by atoms with Crippen molar-refractivity contribution in [3.05, 3.63) is 41.8 Å². The van der Waals surface area contributed by atoms with Crippen molar-refractivity contribution in [3.8, 4) is 0 Å². The Hall–Kier alpha value is -0.248. The summed E-state index contributed by atoms with van der Waals surface area (Å²) in [5.41, 5.74) is 3.22. The monoisotopic (exact) mass is 390 g/mol. The predicted molar refractivity (Wildman–Crippen MR) is 68.0 cm³/mol. The molecule has 0 amide bonds. The predicted octanol–water partition coefficient (Wildman–Crippen LogP) is 4.58. The summed E-state index contributed by atoms with van der Waals surface area (Å²) < 4.78 is 0. The van der Waals surface area contributed by atoms with Crippen LogP contribution in [0.15, 0.2) is 24.3 Å². The molecule has 0 heterocycles. The summed E-state index contributed by atoms with van der Waals surface area (Å²) in [5, 5.41) is 0. The van der Waals surface area contributed by atoms with Gasteiger partial charge in [-0.1, -0.05) is 52.5 Å². The molecule has 1 aromatic carbocycles. The summed E-state index contributed by atoms with van der Waals surface area (Å²) in [6, 6.07) is 8.90. The second-order valence-electron chi connectivity index (χ2n) is 6.38. The van der Waals surface area contributed by atoms with Crippen molar-refractivity contribution >= 4 is 0 Å². The van der Waals surface area contributed by atoms with E-state index in [-0.39, 0.29) is 31.3 Å². The fourth-order valence-corrected chi connectivity index (χ4v) is 1.58. The van der Waals surface area contributed by atoms with Crippen LogP contribution in [0.25, 0.3) is 0 Å². The number of hydrogen-bond donors (Lipinski definition) is 0. The first-order chi connectivity index (χ1) is 6.68. The summed E-state index contributed by atoms with van der Waals surface area (Å²) in [6.07, 6.45) is 2.30. The van der Waals surface area contributed by atoms with Gasteiger partial charge in [-0.05, 0) is 5.41 Å². The van der Waals surface area contributed by atoms with Gasteiger partial charge >= 0.3 is 0 Å². The van der Waals surface area contributed by atoms with Crippen molar-refractivity contribution in [2.24, 2.45) is 5.41 Å². The van der Waals surface area contributed by atoms with E-state index in [2.05, 4.69) is 72.2 Å². The summed E-state index contributed by atoms with van der Waals surface area (Å²) in [5.74, 6) is 0. The second-order valence-corrected chi connectivity index (χ2v) is 6.38. The number of rotatable bonds is 1. The molecule has 0 aliphatic rings. The van der Waals surface area contributed by atoms with Crippen LogP contribution in [0.4, 0.5) is 0 Å². The average Bonchev–Trinajstić information content (AvgIpc) is 2.00. The Balaban J connectivity index is 0.00000225. The van der Waals surface area contributed by atoms with Crippen LogP contribution in [0.5, 0.6) is 0 Å². The van der Waals surface area contributed by atoms with Crippen LogP contribution >= 0.6 is 0 Å². The minimum absolute atomic E-state index is 0. The molecule has 0 saturated carbocycles. The van der Waals surface area contributed by atoms with Crippen molar-refractivity contribution in [2.45, 2.75) is 47.0 Å². The van der Waals surface area contributed by atoms with Gasteiger partial charge < -0.3 is 0 Å². The topological polar surface area (TPSA) is 0 Å². The van der Waals surface area contributed by atoms with E-state index >= 15 is 0 Å². The molecule has 0 atom stereocenters. The summed E-state index contributed by atoms with van der Waals surface area (Å²) in [7, 11) is 0. The Morgan fingerprint density at radius 2 is 1.25 bits per heavy atom. The van der Waals surface area contributed by atoms with Gasteiger partial charge in [0.25, 0.3) is 0 Å². The molecule has 0 fully saturated rings. The molecular formula is C15H23Re-. The van der Waals surface area contributed by atoms with Gasteiger partial charge in [0.05, 0.1) is 0 Å². The Kier molecular flexibility index (Phi) is 5.31. The average molecular weight is 390 g/mol. The third-order valence-electron chi connectivity index (χ3n) is 2.38. The van der Waals surface area contributed by atoms with Crippen molar-refractivity contribution in [1.29, 1.82) is 0 Å². The van der Waals surface area contributed by atoms with E-state index < -0.39 is 0 Å². The number of hydrogen-bond acceptors (Lipinski definition) is 0. The van der Waals surface area contributed by atoms with Gasteiger partial charge in [0.1, 0.15) is 0 Å².